The van der Waals surface area contributed by atoms with Crippen LogP contribution in [0.25, 0.3) is 0 Å². The number of hydrogen-bond acceptors (Lipinski definition) is 3. The van der Waals surface area contributed by atoms with Gasteiger partial charge in [0.05, 0.1) is 5.69 Å². The van der Waals surface area contributed by atoms with E-state index in [9.17, 15) is 4.79 Å². The molecule has 0 aliphatic carbocycles. The Morgan fingerprint density at radius 2 is 2.33 bits per heavy atom. The number of aryl methyl sites for hydroxylation is 1. The molecule has 0 aliphatic heterocycles. The molecular weight excluding hydrogens is 260 g/mol. The number of rotatable bonds is 4. The Balaban J connectivity index is 2.50. The summed E-state index contributed by atoms with van der Waals surface area (Å²) < 4.78 is 4.85. The molecule has 0 atom stereocenters. The average Bonchev–Trinajstić information content (AvgIpc) is 2.61. The third-order valence-electron chi connectivity index (χ3n) is 1.94. The van der Waals surface area contributed by atoms with Gasteiger partial charge in [0, 0.05) is 17.9 Å². The topological polar surface area (TPSA) is 55.1 Å². The number of hydrogen-bond donors (Lipinski definition) is 1. The summed E-state index contributed by atoms with van der Waals surface area (Å²) in [7, 11) is 0. The lowest BCUT2D eigenvalue weighted by molar-refractivity contribution is 0.0903. The Kier molecular flexibility index (Phi) is 3.90. The summed E-state index contributed by atoms with van der Waals surface area (Å²) in [6.45, 7) is 6.50. The van der Waals surface area contributed by atoms with Gasteiger partial charge in [-0.2, -0.15) is 0 Å². The molecule has 15 heavy (non-hydrogen) atoms. The predicted molar refractivity (Wildman–Crippen MR) is 61.1 cm³/mol. The van der Waals surface area contributed by atoms with Crippen LogP contribution in [-0.2, 0) is 0 Å². The molecular formula is C10H15BrN2O2. The number of nitrogens with zero attached hydrogens (tertiary/aromatic N) is 1. The predicted octanol–water partition coefficient (Wildman–Crippen LogP) is 2.13. The molecule has 0 radical (unpaired) electrons. The fourth-order valence-corrected chi connectivity index (χ4v) is 1.12. The molecule has 0 saturated heterocycles. The van der Waals surface area contributed by atoms with Crippen molar-refractivity contribution < 1.29 is 9.32 Å². The van der Waals surface area contributed by atoms with Crippen LogP contribution in [0.15, 0.2) is 10.6 Å². The first-order valence-corrected chi connectivity index (χ1v) is 5.84. The minimum absolute atomic E-state index is 0.0325. The smallest absolute Gasteiger partial charge is 0.289 e. The van der Waals surface area contributed by atoms with E-state index in [1.165, 1.54) is 0 Å². The van der Waals surface area contributed by atoms with E-state index < -0.39 is 0 Å². The minimum atomic E-state index is -0.218. The summed E-state index contributed by atoms with van der Waals surface area (Å²) in [5.74, 6) is 0.0440. The van der Waals surface area contributed by atoms with Crippen LogP contribution >= 0.6 is 15.9 Å². The maximum Gasteiger partial charge on any atom is 0.289 e. The lowest BCUT2D eigenvalue weighted by Gasteiger charge is -2.21. The van der Waals surface area contributed by atoms with Crippen LogP contribution in [0.1, 0.15) is 30.1 Å². The van der Waals surface area contributed by atoms with Gasteiger partial charge in [-0.3, -0.25) is 4.79 Å². The highest BCUT2D eigenvalue weighted by Gasteiger charge is 2.19. The van der Waals surface area contributed by atoms with Gasteiger partial charge >= 0.3 is 0 Å². The average molecular weight is 275 g/mol. The standard InChI is InChI=1S/C10H15BrN2O2/c1-7-4-8(15-13-7)9(14)12-6-10(2,3)5-11/h4H,5-6H2,1-3H3,(H,12,14). The maximum atomic E-state index is 11.6. The highest BCUT2D eigenvalue weighted by molar-refractivity contribution is 9.09. The van der Waals surface area contributed by atoms with Crippen molar-refractivity contribution in [2.24, 2.45) is 5.41 Å². The molecule has 1 rings (SSSR count). The van der Waals surface area contributed by atoms with E-state index in [0.29, 0.717) is 12.2 Å². The van der Waals surface area contributed by atoms with Crippen molar-refractivity contribution in [1.29, 1.82) is 0 Å². The van der Waals surface area contributed by atoms with Crippen LogP contribution in [0.3, 0.4) is 0 Å². The first kappa shape index (κ1) is 12.2. The zero-order chi connectivity index (χ0) is 11.5. The maximum absolute atomic E-state index is 11.6. The summed E-state index contributed by atoms with van der Waals surface area (Å²) in [4.78, 5) is 11.6. The fourth-order valence-electron chi connectivity index (χ4n) is 0.925. The first-order chi connectivity index (χ1) is 6.94. The Morgan fingerprint density at radius 3 is 2.80 bits per heavy atom. The van der Waals surface area contributed by atoms with Gasteiger partial charge in [-0.1, -0.05) is 34.9 Å². The number of alkyl halides is 1. The normalized spacial score (nSPS) is 11.5. The molecule has 0 bridgehead atoms. The fraction of sp³-hybridized carbons (Fsp3) is 0.600. The largest absolute Gasteiger partial charge is 0.351 e. The van der Waals surface area contributed by atoms with Crippen molar-refractivity contribution in [2.45, 2.75) is 20.8 Å². The molecule has 1 N–H and O–H groups in total. The van der Waals surface area contributed by atoms with E-state index >= 15 is 0 Å². The molecule has 4 nitrogen and oxygen atoms in total. The second-order valence-corrected chi connectivity index (χ2v) is 4.87. The quantitative estimate of drug-likeness (QED) is 0.856. The molecule has 5 heteroatoms. The van der Waals surface area contributed by atoms with Gasteiger partial charge in [-0.15, -0.1) is 0 Å². The van der Waals surface area contributed by atoms with Gasteiger partial charge in [0.1, 0.15) is 0 Å². The molecule has 0 saturated carbocycles. The third kappa shape index (κ3) is 3.66. The molecule has 1 heterocycles. The zero-order valence-electron chi connectivity index (χ0n) is 9.13. The van der Waals surface area contributed by atoms with E-state index in [1.54, 1.807) is 13.0 Å². The molecule has 0 fully saturated rings. The Labute approximate surface area is 97.5 Å². The Hall–Kier alpha value is -0.840. The van der Waals surface area contributed by atoms with Gasteiger partial charge in [-0.05, 0) is 12.3 Å². The molecule has 84 valence electrons. The lowest BCUT2D eigenvalue weighted by atomic mass is 9.97. The molecule has 1 amide bonds. The van der Waals surface area contributed by atoms with E-state index in [0.717, 1.165) is 5.33 Å². The van der Waals surface area contributed by atoms with Crippen molar-refractivity contribution in [1.82, 2.24) is 10.5 Å². The number of amides is 1. The number of nitrogens with one attached hydrogen (secondary N) is 1. The monoisotopic (exact) mass is 274 g/mol. The van der Waals surface area contributed by atoms with Gasteiger partial charge in [0.15, 0.2) is 0 Å². The van der Waals surface area contributed by atoms with Gasteiger partial charge in [0.2, 0.25) is 5.76 Å². The number of carbonyl (C=O) groups excluding carboxylic acids is 1. The van der Waals surface area contributed by atoms with Gasteiger partial charge in [-0.25, -0.2) is 0 Å². The van der Waals surface area contributed by atoms with Crippen molar-refractivity contribution >= 4 is 21.8 Å². The number of halogens is 1. The third-order valence-corrected chi connectivity index (χ3v) is 3.46. The van der Waals surface area contributed by atoms with Crippen LogP contribution in [0.4, 0.5) is 0 Å². The number of carbonyl (C=O) groups is 1. The van der Waals surface area contributed by atoms with Crippen molar-refractivity contribution in [3.8, 4) is 0 Å². The highest BCUT2D eigenvalue weighted by Crippen LogP contribution is 2.16. The Bertz CT molecular complexity index is 347. The molecule has 0 unspecified atom stereocenters. The van der Waals surface area contributed by atoms with Crippen molar-refractivity contribution in [2.75, 3.05) is 11.9 Å². The van der Waals surface area contributed by atoms with E-state index in [-0.39, 0.29) is 17.1 Å². The van der Waals surface area contributed by atoms with E-state index in [1.807, 2.05) is 0 Å². The van der Waals surface area contributed by atoms with Crippen LogP contribution < -0.4 is 5.32 Å². The summed E-state index contributed by atoms with van der Waals surface area (Å²) in [5, 5.41) is 7.29. The van der Waals surface area contributed by atoms with E-state index in [4.69, 9.17) is 4.52 Å². The number of aromatic nitrogens is 1. The molecule has 1 aromatic rings. The molecule has 1 aromatic heterocycles. The Morgan fingerprint density at radius 1 is 1.67 bits per heavy atom. The molecule has 0 aliphatic rings. The van der Waals surface area contributed by atoms with Crippen LogP contribution in [0.5, 0.6) is 0 Å². The van der Waals surface area contributed by atoms with Crippen LogP contribution in [0.2, 0.25) is 0 Å². The molecule has 0 spiro atoms. The SMILES string of the molecule is Cc1cc(C(=O)NCC(C)(C)CBr)on1. The highest BCUT2D eigenvalue weighted by atomic mass is 79.9. The van der Waals surface area contributed by atoms with Crippen LogP contribution in [-0.4, -0.2) is 22.9 Å². The van der Waals surface area contributed by atoms with Crippen LogP contribution in [0, 0.1) is 12.3 Å². The van der Waals surface area contributed by atoms with E-state index in [2.05, 4.69) is 40.3 Å². The van der Waals surface area contributed by atoms with Gasteiger partial charge < -0.3 is 9.84 Å². The summed E-state index contributed by atoms with van der Waals surface area (Å²) in [5.41, 5.74) is 0.741. The second kappa shape index (κ2) is 4.79. The minimum Gasteiger partial charge on any atom is -0.351 e. The van der Waals surface area contributed by atoms with Gasteiger partial charge in [0.25, 0.3) is 5.91 Å². The summed E-state index contributed by atoms with van der Waals surface area (Å²) in [6.07, 6.45) is 0. The summed E-state index contributed by atoms with van der Waals surface area (Å²) in [6, 6.07) is 1.62. The van der Waals surface area contributed by atoms with Crippen molar-refractivity contribution in [3.05, 3.63) is 17.5 Å². The van der Waals surface area contributed by atoms with Crippen molar-refractivity contribution in [3.63, 3.8) is 0 Å². The first-order valence-electron chi connectivity index (χ1n) is 4.72. The summed E-state index contributed by atoms with van der Waals surface area (Å²) >= 11 is 3.39. The zero-order valence-corrected chi connectivity index (χ0v) is 10.7. The second-order valence-electron chi connectivity index (χ2n) is 4.31. The molecule has 0 aromatic carbocycles. The lowest BCUT2D eigenvalue weighted by Crippen LogP contribution is -2.34.